The summed E-state index contributed by atoms with van der Waals surface area (Å²) < 4.78 is 5.50. The molecule has 1 heterocycles. The highest BCUT2D eigenvalue weighted by Gasteiger charge is 2.20. The third kappa shape index (κ3) is 2.65. The number of aromatic nitrogens is 2. The molecule has 0 amide bonds. The maximum absolute atomic E-state index is 9.00. The molecule has 5 heteroatoms. The van der Waals surface area contributed by atoms with E-state index in [1.54, 1.807) is 19.2 Å². The molecule has 23 heavy (non-hydrogen) atoms. The van der Waals surface area contributed by atoms with E-state index in [2.05, 4.69) is 22.1 Å². The maximum Gasteiger partial charge on any atom is 0.128 e. The van der Waals surface area contributed by atoms with Crippen molar-refractivity contribution in [2.75, 3.05) is 7.11 Å². The number of methoxy groups -OCH3 is 1. The first kappa shape index (κ1) is 15.1. The van der Waals surface area contributed by atoms with E-state index in [1.807, 2.05) is 26.0 Å². The number of benzene rings is 2. The van der Waals surface area contributed by atoms with E-state index < -0.39 is 6.04 Å². The van der Waals surface area contributed by atoms with Crippen LogP contribution >= 0.6 is 0 Å². The van der Waals surface area contributed by atoms with E-state index in [-0.39, 0.29) is 0 Å². The number of aromatic amines is 1. The van der Waals surface area contributed by atoms with Crippen LogP contribution in [-0.4, -0.2) is 17.1 Å². The molecule has 0 fully saturated rings. The van der Waals surface area contributed by atoms with E-state index in [0.717, 1.165) is 33.5 Å². The largest absolute Gasteiger partial charge is 0.496 e. The molecule has 0 aliphatic heterocycles. The molecule has 5 nitrogen and oxygen atoms in total. The quantitative estimate of drug-likeness (QED) is 0.778. The zero-order chi connectivity index (χ0) is 16.6. The predicted octanol–water partition coefficient (Wildman–Crippen LogP) is 3.11. The number of ether oxygens (including phenoxy) is 1. The van der Waals surface area contributed by atoms with Crippen LogP contribution in [0.25, 0.3) is 11.0 Å². The molecule has 1 aromatic heterocycles. The minimum atomic E-state index is -0.427. The fraction of sp³-hybridized carbons (Fsp3) is 0.222. The van der Waals surface area contributed by atoms with Gasteiger partial charge in [0.2, 0.25) is 0 Å². The smallest absolute Gasteiger partial charge is 0.128 e. The van der Waals surface area contributed by atoms with E-state index in [1.165, 1.54) is 0 Å². The molecule has 3 N–H and O–H groups in total. The van der Waals surface area contributed by atoms with E-state index in [9.17, 15) is 0 Å². The third-order valence-electron chi connectivity index (χ3n) is 3.95. The lowest BCUT2D eigenvalue weighted by Gasteiger charge is -2.17. The van der Waals surface area contributed by atoms with Crippen molar-refractivity contribution in [3.8, 4) is 11.8 Å². The normalized spacial score (nSPS) is 12.1. The van der Waals surface area contributed by atoms with Crippen LogP contribution in [0, 0.1) is 25.2 Å². The second-order valence-electron chi connectivity index (χ2n) is 5.64. The van der Waals surface area contributed by atoms with Gasteiger partial charge in [0, 0.05) is 5.56 Å². The standard InChI is InChI=1S/C18H18N4O/c1-10-6-11(2)16(15(7-10)23-3)17(20)18-21-13-5-4-12(9-19)8-14(13)22-18/h4-8,17H,20H2,1-3H3,(H,21,22)/t17-/m0/s1. The summed E-state index contributed by atoms with van der Waals surface area (Å²) in [6, 6.07) is 11.1. The monoisotopic (exact) mass is 306 g/mol. The van der Waals surface area contributed by atoms with Crippen LogP contribution in [-0.2, 0) is 0 Å². The molecule has 0 spiro atoms. The Morgan fingerprint density at radius 3 is 2.74 bits per heavy atom. The lowest BCUT2D eigenvalue weighted by molar-refractivity contribution is 0.406. The van der Waals surface area contributed by atoms with Gasteiger partial charge < -0.3 is 15.5 Å². The Balaban J connectivity index is 2.10. The number of nitrogens with two attached hydrogens (primary N) is 1. The van der Waals surface area contributed by atoms with Crippen LogP contribution in [0.4, 0.5) is 0 Å². The van der Waals surface area contributed by atoms with Crippen LogP contribution < -0.4 is 10.5 Å². The highest BCUT2D eigenvalue weighted by molar-refractivity contribution is 5.77. The van der Waals surface area contributed by atoms with Gasteiger partial charge in [-0.15, -0.1) is 0 Å². The van der Waals surface area contributed by atoms with Crippen molar-refractivity contribution in [2.45, 2.75) is 19.9 Å². The molecule has 2 aromatic carbocycles. The van der Waals surface area contributed by atoms with Gasteiger partial charge in [-0.2, -0.15) is 5.26 Å². The van der Waals surface area contributed by atoms with Crippen LogP contribution in [0.1, 0.15) is 34.1 Å². The number of fused-ring (bicyclic) bond motifs is 1. The number of hydrogen-bond acceptors (Lipinski definition) is 4. The van der Waals surface area contributed by atoms with Crippen molar-refractivity contribution >= 4 is 11.0 Å². The van der Waals surface area contributed by atoms with Gasteiger partial charge in [-0.25, -0.2) is 4.98 Å². The van der Waals surface area contributed by atoms with Crippen molar-refractivity contribution in [2.24, 2.45) is 5.73 Å². The van der Waals surface area contributed by atoms with Gasteiger partial charge in [0.05, 0.1) is 35.8 Å². The lowest BCUT2D eigenvalue weighted by Crippen LogP contribution is -2.16. The highest BCUT2D eigenvalue weighted by Crippen LogP contribution is 2.32. The van der Waals surface area contributed by atoms with Gasteiger partial charge in [-0.1, -0.05) is 6.07 Å². The van der Waals surface area contributed by atoms with Gasteiger partial charge in [0.15, 0.2) is 0 Å². The molecule has 0 saturated heterocycles. The molecule has 0 aliphatic rings. The van der Waals surface area contributed by atoms with E-state index in [0.29, 0.717) is 11.4 Å². The SMILES string of the molecule is COc1cc(C)cc(C)c1[C@H](N)c1nc2ccc(C#N)cc2[nH]1. The number of hydrogen-bond donors (Lipinski definition) is 2. The van der Waals surface area contributed by atoms with Crippen molar-refractivity contribution in [3.05, 3.63) is 58.4 Å². The average Bonchev–Trinajstić information content (AvgIpc) is 2.96. The first-order valence-corrected chi connectivity index (χ1v) is 7.34. The molecule has 0 unspecified atom stereocenters. The summed E-state index contributed by atoms with van der Waals surface area (Å²) in [5.74, 6) is 1.41. The minimum absolute atomic E-state index is 0.427. The molecule has 1 atom stereocenters. The Hall–Kier alpha value is -2.84. The summed E-state index contributed by atoms with van der Waals surface area (Å²) in [6.07, 6.45) is 0. The number of nitrogens with zero attached hydrogens (tertiary/aromatic N) is 2. The number of rotatable bonds is 3. The summed E-state index contributed by atoms with van der Waals surface area (Å²) in [5.41, 5.74) is 11.7. The molecule has 116 valence electrons. The number of nitrogens with one attached hydrogen (secondary N) is 1. The number of aryl methyl sites for hydroxylation is 2. The summed E-state index contributed by atoms with van der Waals surface area (Å²) >= 11 is 0. The first-order chi connectivity index (χ1) is 11.0. The fourth-order valence-electron chi connectivity index (χ4n) is 2.89. The Morgan fingerprint density at radius 1 is 1.26 bits per heavy atom. The van der Waals surface area contributed by atoms with Gasteiger partial charge >= 0.3 is 0 Å². The number of imidazole rings is 1. The Kier molecular flexibility index (Phi) is 3.77. The predicted molar refractivity (Wildman–Crippen MR) is 89.3 cm³/mol. The van der Waals surface area contributed by atoms with Crippen molar-refractivity contribution in [1.82, 2.24) is 9.97 Å². The van der Waals surface area contributed by atoms with Gasteiger partial charge in [-0.3, -0.25) is 0 Å². The molecule has 0 aliphatic carbocycles. The Bertz CT molecular complexity index is 921. The second-order valence-corrected chi connectivity index (χ2v) is 5.64. The highest BCUT2D eigenvalue weighted by atomic mass is 16.5. The molecule has 0 saturated carbocycles. The van der Waals surface area contributed by atoms with Crippen LogP contribution in [0.5, 0.6) is 5.75 Å². The Labute approximate surface area is 134 Å². The summed E-state index contributed by atoms with van der Waals surface area (Å²) in [7, 11) is 1.64. The number of nitriles is 1. The van der Waals surface area contributed by atoms with Crippen LogP contribution in [0.15, 0.2) is 30.3 Å². The zero-order valence-electron chi connectivity index (χ0n) is 13.3. The van der Waals surface area contributed by atoms with Crippen molar-refractivity contribution in [3.63, 3.8) is 0 Å². The lowest BCUT2D eigenvalue weighted by atomic mass is 9.98. The molecule has 0 radical (unpaired) electrons. The van der Waals surface area contributed by atoms with E-state index in [4.69, 9.17) is 15.7 Å². The summed E-state index contributed by atoms with van der Waals surface area (Å²) in [5, 5.41) is 9.00. The average molecular weight is 306 g/mol. The van der Waals surface area contributed by atoms with Gasteiger partial charge in [0.1, 0.15) is 11.6 Å². The molecule has 3 rings (SSSR count). The zero-order valence-corrected chi connectivity index (χ0v) is 13.3. The third-order valence-corrected chi connectivity index (χ3v) is 3.95. The maximum atomic E-state index is 9.00. The molecule has 0 bridgehead atoms. The van der Waals surface area contributed by atoms with Gasteiger partial charge in [0.25, 0.3) is 0 Å². The van der Waals surface area contributed by atoms with E-state index >= 15 is 0 Å². The van der Waals surface area contributed by atoms with Gasteiger partial charge in [-0.05, 0) is 49.2 Å². The summed E-state index contributed by atoms with van der Waals surface area (Å²) in [6.45, 7) is 4.04. The number of H-pyrrole nitrogens is 1. The fourth-order valence-corrected chi connectivity index (χ4v) is 2.89. The molecular formula is C18H18N4O. The van der Waals surface area contributed by atoms with Crippen LogP contribution in [0.2, 0.25) is 0 Å². The van der Waals surface area contributed by atoms with Crippen molar-refractivity contribution < 1.29 is 4.74 Å². The second kappa shape index (κ2) is 5.75. The topological polar surface area (TPSA) is 87.7 Å². The summed E-state index contributed by atoms with van der Waals surface area (Å²) in [4.78, 5) is 7.78. The molecular weight excluding hydrogens is 288 g/mol. The molecule has 3 aromatic rings. The Morgan fingerprint density at radius 2 is 2.04 bits per heavy atom. The van der Waals surface area contributed by atoms with Crippen molar-refractivity contribution in [1.29, 1.82) is 5.26 Å². The van der Waals surface area contributed by atoms with Crippen LogP contribution in [0.3, 0.4) is 0 Å². The minimum Gasteiger partial charge on any atom is -0.496 e. The first-order valence-electron chi connectivity index (χ1n) is 7.34.